The SMILES string of the molecule is Cc1ccc(O[C@H](C)c2ccccc2)c2c(C(=O)O)cc(-c3cc4ccccn4c3C)nc12. The molecule has 164 valence electrons. The van der Waals surface area contributed by atoms with Crippen molar-refractivity contribution in [2.45, 2.75) is 26.9 Å². The Bertz CT molecular complexity index is 1500. The van der Waals surface area contributed by atoms with Gasteiger partial charge in [0.05, 0.1) is 22.2 Å². The molecule has 5 nitrogen and oxygen atoms in total. The standard InChI is InChI=1S/C28H24N2O3/c1-17-12-13-25(33-19(3)20-9-5-4-6-10-20)26-23(28(31)32)16-24(29-27(17)26)22-15-21-11-7-8-14-30(21)18(22)2/h4-16,19H,1-3H3,(H,31,32)/t19-/m1/s1. The van der Waals surface area contributed by atoms with Crippen molar-refractivity contribution >= 4 is 22.4 Å². The summed E-state index contributed by atoms with van der Waals surface area (Å²) >= 11 is 0. The number of fused-ring (bicyclic) bond motifs is 2. The zero-order valence-corrected chi connectivity index (χ0v) is 18.7. The lowest BCUT2D eigenvalue weighted by Crippen LogP contribution is -2.07. The molecule has 2 aromatic carbocycles. The number of ether oxygens (including phenoxy) is 1. The Kier molecular flexibility index (Phi) is 5.09. The number of hydrogen-bond acceptors (Lipinski definition) is 3. The van der Waals surface area contributed by atoms with Gasteiger partial charge in [0.1, 0.15) is 11.9 Å². The van der Waals surface area contributed by atoms with Gasteiger partial charge in [-0.3, -0.25) is 0 Å². The van der Waals surface area contributed by atoms with Crippen LogP contribution in [0.5, 0.6) is 5.75 Å². The number of aryl methyl sites for hydroxylation is 2. The molecule has 0 saturated carbocycles. The van der Waals surface area contributed by atoms with Crippen LogP contribution in [0, 0.1) is 13.8 Å². The van der Waals surface area contributed by atoms with E-state index >= 15 is 0 Å². The predicted octanol–water partition coefficient (Wildman–Crippen LogP) is 6.61. The average molecular weight is 437 g/mol. The van der Waals surface area contributed by atoms with E-state index in [0.29, 0.717) is 22.3 Å². The van der Waals surface area contributed by atoms with E-state index in [9.17, 15) is 9.90 Å². The fourth-order valence-corrected chi connectivity index (χ4v) is 4.35. The van der Waals surface area contributed by atoms with Crippen LogP contribution in [-0.4, -0.2) is 20.5 Å². The van der Waals surface area contributed by atoms with E-state index in [1.807, 2.05) is 93.7 Å². The van der Waals surface area contributed by atoms with E-state index < -0.39 is 5.97 Å². The van der Waals surface area contributed by atoms with Gasteiger partial charge in [0.25, 0.3) is 0 Å². The van der Waals surface area contributed by atoms with Crippen molar-refractivity contribution in [3.63, 3.8) is 0 Å². The van der Waals surface area contributed by atoms with Crippen LogP contribution in [-0.2, 0) is 0 Å². The zero-order chi connectivity index (χ0) is 23.1. The molecular weight excluding hydrogens is 412 g/mol. The molecule has 5 rings (SSSR count). The fourth-order valence-electron chi connectivity index (χ4n) is 4.35. The first-order chi connectivity index (χ1) is 15.9. The highest BCUT2D eigenvalue weighted by molar-refractivity contribution is 6.07. The number of carboxylic acid groups (broad SMARTS) is 1. The number of carboxylic acids is 1. The molecule has 0 unspecified atom stereocenters. The normalized spacial score (nSPS) is 12.2. The molecule has 33 heavy (non-hydrogen) atoms. The van der Waals surface area contributed by atoms with Gasteiger partial charge < -0.3 is 14.2 Å². The van der Waals surface area contributed by atoms with Crippen molar-refractivity contribution in [3.8, 4) is 17.0 Å². The fraction of sp³-hybridized carbons (Fsp3) is 0.143. The van der Waals surface area contributed by atoms with Crippen LogP contribution in [0.1, 0.15) is 40.2 Å². The number of nitrogens with zero attached hydrogens (tertiary/aromatic N) is 2. The molecule has 0 aliphatic heterocycles. The summed E-state index contributed by atoms with van der Waals surface area (Å²) in [6.07, 6.45) is 1.76. The maximum Gasteiger partial charge on any atom is 0.336 e. The lowest BCUT2D eigenvalue weighted by atomic mass is 10.0. The Morgan fingerprint density at radius 2 is 1.76 bits per heavy atom. The van der Waals surface area contributed by atoms with Gasteiger partial charge in [0.2, 0.25) is 0 Å². The molecule has 1 N–H and O–H groups in total. The van der Waals surface area contributed by atoms with Gasteiger partial charge in [0, 0.05) is 23.0 Å². The highest BCUT2D eigenvalue weighted by atomic mass is 16.5. The van der Waals surface area contributed by atoms with Crippen LogP contribution in [0.4, 0.5) is 0 Å². The second-order valence-corrected chi connectivity index (χ2v) is 8.27. The van der Waals surface area contributed by atoms with Crippen molar-refractivity contribution in [2.24, 2.45) is 0 Å². The Hall–Kier alpha value is -4.12. The van der Waals surface area contributed by atoms with Gasteiger partial charge in [-0.1, -0.05) is 42.5 Å². The Morgan fingerprint density at radius 1 is 1.00 bits per heavy atom. The molecule has 3 heterocycles. The zero-order valence-electron chi connectivity index (χ0n) is 18.7. The molecule has 5 heteroatoms. The number of aromatic nitrogens is 2. The molecule has 1 atom stereocenters. The maximum atomic E-state index is 12.4. The summed E-state index contributed by atoms with van der Waals surface area (Å²) in [6, 6.07) is 23.3. The molecule has 3 aromatic heterocycles. The lowest BCUT2D eigenvalue weighted by Gasteiger charge is -2.19. The van der Waals surface area contributed by atoms with Crippen molar-refractivity contribution in [1.82, 2.24) is 9.38 Å². The van der Waals surface area contributed by atoms with Crippen LogP contribution in [0.15, 0.2) is 79.0 Å². The third kappa shape index (κ3) is 3.61. The van der Waals surface area contributed by atoms with Crippen molar-refractivity contribution < 1.29 is 14.6 Å². The summed E-state index contributed by atoms with van der Waals surface area (Å²) in [4.78, 5) is 17.3. The minimum Gasteiger partial charge on any atom is -0.485 e. The average Bonchev–Trinajstić information content (AvgIpc) is 3.17. The van der Waals surface area contributed by atoms with E-state index in [1.165, 1.54) is 0 Å². The van der Waals surface area contributed by atoms with Crippen LogP contribution in [0.2, 0.25) is 0 Å². The molecule has 0 bridgehead atoms. The summed E-state index contributed by atoms with van der Waals surface area (Å²) in [6.45, 7) is 5.92. The molecule has 0 aliphatic rings. The largest absolute Gasteiger partial charge is 0.485 e. The summed E-state index contributed by atoms with van der Waals surface area (Å²) in [5, 5.41) is 10.7. The second-order valence-electron chi connectivity index (χ2n) is 8.27. The van der Waals surface area contributed by atoms with Gasteiger partial charge in [-0.25, -0.2) is 9.78 Å². The third-order valence-corrected chi connectivity index (χ3v) is 6.14. The van der Waals surface area contributed by atoms with E-state index in [2.05, 4.69) is 4.40 Å². The molecule has 0 saturated heterocycles. The van der Waals surface area contributed by atoms with E-state index in [1.54, 1.807) is 6.07 Å². The molecular formula is C28H24N2O3. The number of aromatic carboxylic acids is 1. The summed E-state index contributed by atoms with van der Waals surface area (Å²) in [5.74, 6) is -0.491. The highest BCUT2D eigenvalue weighted by Crippen LogP contribution is 2.36. The van der Waals surface area contributed by atoms with Crippen molar-refractivity contribution in [3.05, 3.63) is 101 Å². The van der Waals surface area contributed by atoms with Crippen LogP contribution >= 0.6 is 0 Å². The van der Waals surface area contributed by atoms with Gasteiger partial charge in [-0.05, 0) is 62.2 Å². The number of pyridine rings is 2. The van der Waals surface area contributed by atoms with Crippen LogP contribution in [0.3, 0.4) is 0 Å². The summed E-state index contributed by atoms with van der Waals surface area (Å²) in [5.41, 5.74) is 6.33. The first-order valence-electron chi connectivity index (χ1n) is 10.9. The molecule has 5 aromatic rings. The van der Waals surface area contributed by atoms with Crippen molar-refractivity contribution in [1.29, 1.82) is 0 Å². The topological polar surface area (TPSA) is 63.8 Å². The Labute approximate surface area is 191 Å². The predicted molar refractivity (Wildman–Crippen MR) is 130 cm³/mol. The third-order valence-electron chi connectivity index (χ3n) is 6.14. The molecule has 0 radical (unpaired) electrons. The number of hydrogen-bond donors (Lipinski definition) is 1. The van der Waals surface area contributed by atoms with E-state index in [0.717, 1.165) is 27.9 Å². The molecule has 0 spiro atoms. The smallest absolute Gasteiger partial charge is 0.336 e. The number of carbonyl (C=O) groups is 1. The van der Waals surface area contributed by atoms with Crippen LogP contribution in [0.25, 0.3) is 27.7 Å². The van der Waals surface area contributed by atoms with E-state index in [4.69, 9.17) is 9.72 Å². The second kappa shape index (κ2) is 8.10. The van der Waals surface area contributed by atoms with Gasteiger partial charge >= 0.3 is 5.97 Å². The Morgan fingerprint density at radius 3 is 2.48 bits per heavy atom. The molecule has 0 fully saturated rings. The number of rotatable bonds is 5. The first kappa shape index (κ1) is 20.8. The minimum absolute atomic E-state index is 0.184. The molecule has 0 amide bonds. The van der Waals surface area contributed by atoms with Gasteiger partial charge in [-0.2, -0.15) is 0 Å². The summed E-state index contributed by atoms with van der Waals surface area (Å²) < 4.78 is 8.35. The minimum atomic E-state index is -1.01. The van der Waals surface area contributed by atoms with Crippen molar-refractivity contribution in [2.75, 3.05) is 0 Å². The number of benzene rings is 2. The quantitative estimate of drug-likeness (QED) is 0.337. The van der Waals surface area contributed by atoms with Crippen LogP contribution < -0.4 is 4.74 Å². The molecule has 0 aliphatic carbocycles. The highest BCUT2D eigenvalue weighted by Gasteiger charge is 2.21. The Balaban J connectivity index is 1.70. The monoisotopic (exact) mass is 436 g/mol. The van der Waals surface area contributed by atoms with Gasteiger partial charge in [-0.15, -0.1) is 0 Å². The summed E-state index contributed by atoms with van der Waals surface area (Å²) in [7, 11) is 0. The lowest BCUT2D eigenvalue weighted by molar-refractivity contribution is 0.0698. The van der Waals surface area contributed by atoms with E-state index in [-0.39, 0.29) is 11.7 Å². The van der Waals surface area contributed by atoms with Gasteiger partial charge in [0.15, 0.2) is 0 Å². The first-order valence-corrected chi connectivity index (χ1v) is 10.9. The maximum absolute atomic E-state index is 12.4.